The van der Waals surface area contributed by atoms with E-state index in [1.807, 2.05) is 30.3 Å². The van der Waals surface area contributed by atoms with Gasteiger partial charge in [0.1, 0.15) is 5.82 Å². The minimum atomic E-state index is -1.23. The number of hydrogen-bond acceptors (Lipinski definition) is 2. The highest BCUT2D eigenvalue weighted by molar-refractivity contribution is 5.79. The van der Waals surface area contributed by atoms with Crippen LogP contribution in [0.4, 0.5) is 13.2 Å². The molecule has 0 bridgehead atoms. The van der Waals surface area contributed by atoms with Gasteiger partial charge in [-0.15, -0.1) is 0 Å². The summed E-state index contributed by atoms with van der Waals surface area (Å²) >= 11 is 0. The van der Waals surface area contributed by atoms with Gasteiger partial charge in [0, 0.05) is 24.7 Å². The number of hydrogen-bond donors (Lipinski definition) is 0. The molecular formula is C22H25F3N2O. The summed E-state index contributed by atoms with van der Waals surface area (Å²) < 4.78 is 41.9. The Morgan fingerprint density at radius 1 is 1.11 bits per heavy atom. The van der Waals surface area contributed by atoms with Gasteiger partial charge in [-0.05, 0) is 44.5 Å². The van der Waals surface area contributed by atoms with Crippen molar-refractivity contribution in [1.82, 2.24) is 9.80 Å². The van der Waals surface area contributed by atoms with E-state index in [2.05, 4.69) is 4.90 Å². The molecule has 1 atom stereocenters. The Kier molecular flexibility index (Phi) is 6.39. The van der Waals surface area contributed by atoms with Crippen molar-refractivity contribution in [2.24, 2.45) is 0 Å². The number of amides is 1. The van der Waals surface area contributed by atoms with Crippen LogP contribution in [-0.2, 0) is 11.2 Å². The molecule has 28 heavy (non-hydrogen) atoms. The van der Waals surface area contributed by atoms with E-state index in [1.165, 1.54) is 6.92 Å². The van der Waals surface area contributed by atoms with Crippen LogP contribution in [0.15, 0.2) is 36.4 Å². The van der Waals surface area contributed by atoms with Crippen LogP contribution in [0.5, 0.6) is 0 Å². The second kappa shape index (κ2) is 8.78. The third-order valence-electron chi connectivity index (χ3n) is 5.48. The lowest BCUT2D eigenvalue weighted by Crippen LogP contribution is -2.39. The lowest BCUT2D eigenvalue weighted by Gasteiger charge is -2.32. The highest BCUT2D eigenvalue weighted by Gasteiger charge is 2.27. The van der Waals surface area contributed by atoms with Crippen molar-refractivity contribution in [3.05, 3.63) is 70.5 Å². The fourth-order valence-electron chi connectivity index (χ4n) is 3.66. The van der Waals surface area contributed by atoms with Crippen LogP contribution in [0.3, 0.4) is 0 Å². The van der Waals surface area contributed by atoms with E-state index in [1.54, 1.807) is 11.9 Å². The summed E-state index contributed by atoms with van der Waals surface area (Å²) in [5.41, 5.74) is 0.343. The highest BCUT2D eigenvalue weighted by atomic mass is 19.2. The average Bonchev–Trinajstić information content (AvgIpc) is 3.22. The van der Waals surface area contributed by atoms with Gasteiger partial charge in [0.25, 0.3) is 0 Å². The number of carbonyl (C=O) groups excluding carboxylic acids is 1. The molecule has 0 N–H and O–H groups in total. The Labute approximate surface area is 163 Å². The van der Waals surface area contributed by atoms with E-state index in [-0.39, 0.29) is 29.5 Å². The molecule has 1 amide bonds. The smallest absolute Gasteiger partial charge is 0.227 e. The second-order valence-corrected chi connectivity index (χ2v) is 7.39. The van der Waals surface area contributed by atoms with Crippen LogP contribution in [0, 0.1) is 24.4 Å². The average molecular weight is 390 g/mol. The molecule has 0 unspecified atom stereocenters. The molecule has 1 heterocycles. The highest BCUT2D eigenvalue weighted by Crippen LogP contribution is 2.25. The minimum Gasteiger partial charge on any atom is -0.337 e. The second-order valence-electron chi connectivity index (χ2n) is 7.39. The first-order valence-corrected chi connectivity index (χ1v) is 9.54. The van der Waals surface area contributed by atoms with Gasteiger partial charge in [0.2, 0.25) is 5.91 Å². The predicted molar refractivity (Wildman–Crippen MR) is 102 cm³/mol. The van der Waals surface area contributed by atoms with Crippen LogP contribution in [0.2, 0.25) is 0 Å². The molecule has 3 rings (SSSR count). The molecule has 3 nitrogen and oxygen atoms in total. The van der Waals surface area contributed by atoms with Crippen molar-refractivity contribution in [3.8, 4) is 0 Å². The zero-order valence-electron chi connectivity index (χ0n) is 16.2. The molecular weight excluding hydrogens is 365 g/mol. The third-order valence-corrected chi connectivity index (χ3v) is 5.48. The number of nitrogens with zero attached hydrogens (tertiary/aromatic N) is 2. The lowest BCUT2D eigenvalue weighted by atomic mass is 10.0. The molecule has 1 fully saturated rings. The minimum absolute atomic E-state index is 0.213. The van der Waals surface area contributed by atoms with Gasteiger partial charge in [0.15, 0.2) is 11.6 Å². The van der Waals surface area contributed by atoms with Crippen molar-refractivity contribution in [2.45, 2.75) is 32.2 Å². The zero-order chi connectivity index (χ0) is 20.3. The summed E-state index contributed by atoms with van der Waals surface area (Å²) in [4.78, 5) is 16.7. The molecule has 1 saturated heterocycles. The largest absolute Gasteiger partial charge is 0.337 e. The summed E-state index contributed by atoms with van der Waals surface area (Å²) in [6, 6.07) is 10.3. The summed E-state index contributed by atoms with van der Waals surface area (Å²) in [5.74, 6) is -3.62. The fourth-order valence-corrected chi connectivity index (χ4v) is 3.66. The number of likely N-dealkylation sites (tertiary alicyclic amines) is 1. The van der Waals surface area contributed by atoms with Crippen molar-refractivity contribution in [3.63, 3.8) is 0 Å². The molecule has 6 heteroatoms. The van der Waals surface area contributed by atoms with E-state index in [4.69, 9.17) is 0 Å². The van der Waals surface area contributed by atoms with Crippen LogP contribution in [-0.4, -0.2) is 42.4 Å². The number of halogens is 3. The third kappa shape index (κ3) is 4.38. The number of likely N-dealkylation sites (N-methyl/N-ethyl adjacent to an activating group) is 1. The first kappa shape index (κ1) is 20.4. The van der Waals surface area contributed by atoms with E-state index in [9.17, 15) is 18.0 Å². The maximum Gasteiger partial charge on any atom is 0.227 e. The van der Waals surface area contributed by atoms with Crippen LogP contribution in [0.25, 0.3) is 0 Å². The van der Waals surface area contributed by atoms with Gasteiger partial charge in [-0.2, -0.15) is 0 Å². The Bertz CT molecular complexity index is 835. The predicted octanol–water partition coefficient (Wildman–Crippen LogP) is 4.25. The molecule has 0 aromatic heterocycles. The van der Waals surface area contributed by atoms with Gasteiger partial charge in [0.05, 0.1) is 12.5 Å². The summed E-state index contributed by atoms with van der Waals surface area (Å²) in [6.45, 7) is 3.81. The van der Waals surface area contributed by atoms with Gasteiger partial charge in [-0.3, -0.25) is 4.79 Å². The maximum atomic E-state index is 14.2. The van der Waals surface area contributed by atoms with Crippen molar-refractivity contribution >= 4 is 5.91 Å². The SMILES string of the molecule is Cc1c(F)cc(CC(=O)N(C)[C@H](CN2CCCC2)c2ccccc2)c(F)c1F. The molecule has 1 aliphatic heterocycles. The van der Waals surface area contributed by atoms with Crippen LogP contribution >= 0.6 is 0 Å². The van der Waals surface area contributed by atoms with Gasteiger partial charge in [-0.25, -0.2) is 13.2 Å². The molecule has 0 radical (unpaired) electrons. The van der Waals surface area contributed by atoms with Crippen molar-refractivity contribution < 1.29 is 18.0 Å². The van der Waals surface area contributed by atoms with Crippen LogP contribution in [0.1, 0.15) is 35.6 Å². The molecule has 0 spiro atoms. The van der Waals surface area contributed by atoms with E-state index in [0.717, 1.165) is 37.6 Å². The zero-order valence-corrected chi connectivity index (χ0v) is 16.2. The first-order chi connectivity index (χ1) is 13.4. The summed E-state index contributed by atoms with van der Waals surface area (Å²) in [5, 5.41) is 0. The number of benzene rings is 2. The molecule has 0 saturated carbocycles. The normalized spacial score (nSPS) is 15.6. The molecule has 150 valence electrons. The first-order valence-electron chi connectivity index (χ1n) is 9.54. The Morgan fingerprint density at radius 3 is 2.39 bits per heavy atom. The Morgan fingerprint density at radius 2 is 1.75 bits per heavy atom. The van der Waals surface area contributed by atoms with Crippen LogP contribution < -0.4 is 0 Å². The van der Waals surface area contributed by atoms with E-state index >= 15 is 0 Å². The van der Waals surface area contributed by atoms with Gasteiger partial charge < -0.3 is 9.80 Å². The molecule has 1 aliphatic rings. The van der Waals surface area contributed by atoms with E-state index < -0.39 is 17.5 Å². The monoisotopic (exact) mass is 390 g/mol. The molecule has 2 aromatic rings. The molecule has 0 aliphatic carbocycles. The van der Waals surface area contributed by atoms with Gasteiger partial charge in [-0.1, -0.05) is 30.3 Å². The number of carbonyl (C=O) groups is 1. The van der Waals surface area contributed by atoms with Crippen molar-refractivity contribution in [2.75, 3.05) is 26.7 Å². The standard InChI is InChI=1S/C22H25F3N2O/c1-15-18(23)12-17(22(25)21(15)24)13-20(28)26(2)19(14-27-10-6-7-11-27)16-8-4-3-5-9-16/h3-5,8-9,12,19H,6-7,10-11,13-14H2,1-2H3/t19-/m1/s1. The molecule has 2 aromatic carbocycles. The summed E-state index contributed by atoms with van der Waals surface area (Å²) in [6.07, 6.45) is 1.87. The Hall–Kier alpha value is -2.34. The number of rotatable bonds is 6. The van der Waals surface area contributed by atoms with Gasteiger partial charge >= 0.3 is 0 Å². The maximum absolute atomic E-state index is 14.2. The quantitative estimate of drug-likeness (QED) is 0.689. The lowest BCUT2D eigenvalue weighted by molar-refractivity contribution is -0.131. The topological polar surface area (TPSA) is 23.6 Å². The Balaban J connectivity index is 1.82. The summed E-state index contributed by atoms with van der Waals surface area (Å²) in [7, 11) is 1.66. The van der Waals surface area contributed by atoms with Crippen molar-refractivity contribution in [1.29, 1.82) is 0 Å². The fraction of sp³-hybridized carbons (Fsp3) is 0.409. The van der Waals surface area contributed by atoms with E-state index in [0.29, 0.717) is 6.54 Å².